The molecule has 1 aromatic carbocycles. The number of hydrogen-bond acceptors (Lipinski definition) is 6. The molecule has 2 N–H and O–H groups in total. The Kier molecular flexibility index (Phi) is 5.74. The van der Waals surface area contributed by atoms with E-state index in [-0.39, 0.29) is 29.4 Å². The Bertz CT molecular complexity index is 1310. The number of hydrogen-bond donors (Lipinski definition) is 2. The molecular formula is C24H24FN5O4. The van der Waals surface area contributed by atoms with Crippen molar-refractivity contribution in [2.75, 3.05) is 42.9 Å². The number of fused-ring (bicyclic) bond motifs is 1. The SMILES string of the molecule is O=C(CN1CCN(c2cc3c(cc2F)c(=O)c(C(=O)O)cn3C2CC2)CC1)Nc1ccncc1. The van der Waals surface area contributed by atoms with Gasteiger partial charge in [0.25, 0.3) is 0 Å². The molecule has 1 saturated carbocycles. The van der Waals surface area contributed by atoms with E-state index in [1.54, 1.807) is 35.2 Å². The number of halogens is 1. The molecule has 176 valence electrons. The fourth-order valence-corrected chi connectivity index (χ4v) is 4.39. The van der Waals surface area contributed by atoms with Crippen LogP contribution in [0.4, 0.5) is 15.8 Å². The van der Waals surface area contributed by atoms with Gasteiger partial charge in [0.2, 0.25) is 11.3 Å². The van der Waals surface area contributed by atoms with Gasteiger partial charge in [-0.3, -0.25) is 19.5 Å². The van der Waals surface area contributed by atoms with Gasteiger partial charge in [-0.05, 0) is 37.1 Å². The predicted octanol–water partition coefficient (Wildman–Crippen LogP) is 2.33. The molecule has 1 amide bonds. The lowest BCUT2D eigenvalue weighted by molar-refractivity contribution is -0.117. The summed E-state index contributed by atoms with van der Waals surface area (Å²) in [6, 6.07) is 6.38. The number of rotatable bonds is 6. The van der Waals surface area contributed by atoms with Crippen LogP contribution >= 0.6 is 0 Å². The third kappa shape index (κ3) is 4.36. The normalized spacial score (nSPS) is 16.6. The molecule has 0 unspecified atom stereocenters. The van der Waals surface area contributed by atoms with Gasteiger partial charge in [-0.25, -0.2) is 9.18 Å². The predicted molar refractivity (Wildman–Crippen MR) is 125 cm³/mol. The summed E-state index contributed by atoms with van der Waals surface area (Å²) in [5, 5.41) is 12.3. The highest BCUT2D eigenvalue weighted by Crippen LogP contribution is 2.38. The minimum absolute atomic E-state index is 0.0828. The van der Waals surface area contributed by atoms with Crippen molar-refractivity contribution in [1.29, 1.82) is 0 Å². The standard InChI is InChI=1S/C24H24FN5O4/c25-19-11-17-20(30(16-1-2-16)13-18(23(17)32)24(33)34)12-21(19)29-9-7-28(8-10-29)14-22(31)27-15-3-5-26-6-4-15/h3-6,11-13,16H,1-2,7-10,14H2,(H,33,34)(H,26,27,31). The van der Waals surface area contributed by atoms with Gasteiger partial charge in [0.05, 0.1) is 17.7 Å². The number of piperazine rings is 1. The van der Waals surface area contributed by atoms with Crippen molar-refractivity contribution in [3.05, 3.63) is 64.5 Å². The Morgan fingerprint density at radius 1 is 1.12 bits per heavy atom. The van der Waals surface area contributed by atoms with Crippen LogP contribution in [0.2, 0.25) is 0 Å². The molecule has 2 aromatic heterocycles. The fraction of sp³-hybridized carbons (Fsp3) is 0.333. The van der Waals surface area contributed by atoms with E-state index in [0.717, 1.165) is 18.9 Å². The van der Waals surface area contributed by atoms with Crippen molar-refractivity contribution in [3.8, 4) is 0 Å². The second-order valence-corrected chi connectivity index (χ2v) is 8.68. The number of aromatic nitrogens is 2. The highest BCUT2D eigenvalue weighted by molar-refractivity contribution is 5.94. The van der Waals surface area contributed by atoms with Crippen LogP contribution in [0.1, 0.15) is 29.2 Å². The minimum Gasteiger partial charge on any atom is -0.477 e. The molecule has 1 aliphatic carbocycles. The number of carbonyl (C=O) groups excluding carboxylic acids is 1. The fourth-order valence-electron chi connectivity index (χ4n) is 4.39. The molecule has 2 fully saturated rings. The van der Waals surface area contributed by atoms with Crippen LogP contribution in [-0.2, 0) is 4.79 Å². The number of anilines is 2. The van der Waals surface area contributed by atoms with Crippen LogP contribution in [0.3, 0.4) is 0 Å². The lowest BCUT2D eigenvalue weighted by Gasteiger charge is -2.36. The number of benzene rings is 1. The summed E-state index contributed by atoms with van der Waals surface area (Å²) in [7, 11) is 0. The number of nitrogens with one attached hydrogen (secondary N) is 1. The van der Waals surface area contributed by atoms with E-state index in [2.05, 4.69) is 10.3 Å². The quantitative estimate of drug-likeness (QED) is 0.575. The highest BCUT2D eigenvalue weighted by Gasteiger charge is 2.28. The van der Waals surface area contributed by atoms with Crippen LogP contribution in [0, 0.1) is 5.82 Å². The van der Waals surface area contributed by atoms with E-state index in [4.69, 9.17) is 0 Å². The van der Waals surface area contributed by atoms with Crippen molar-refractivity contribution >= 4 is 34.2 Å². The second kappa shape index (κ2) is 8.86. The van der Waals surface area contributed by atoms with Crippen LogP contribution in [-0.4, -0.2) is 64.2 Å². The summed E-state index contributed by atoms with van der Waals surface area (Å²) in [4.78, 5) is 44.3. The average Bonchev–Trinajstić information content (AvgIpc) is 3.66. The number of carboxylic acid groups (broad SMARTS) is 1. The van der Waals surface area contributed by atoms with Crippen molar-refractivity contribution in [1.82, 2.24) is 14.5 Å². The van der Waals surface area contributed by atoms with Gasteiger partial charge < -0.3 is 19.9 Å². The molecule has 5 rings (SSSR count). The number of carbonyl (C=O) groups is 2. The summed E-state index contributed by atoms with van der Waals surface area (Å²) in [6.45, 7) is 2.43. The molecule has 3 aromatic rings. The summed E-state index contributed by atoms with van der Waals surface area (Å²) >= 11 is 0. The minimum atomic E-state index is -1.31. The summed E-state index contributed by atoms with van der Waals surface area (Å²) in [5.41, 5.74) is 0.600. The molecule has 0 bridgehead atoms. The third-order valence-electron chi connectivity index (χ3n) is 6.32. The molecule has 1 aliphatic heterocycles. The van der Waals surface area contributed by atoms with Gasteiger partial charge in [-0.2, -0.15) is 0 Å². The topological polar surface area (TPSA) is 108 Å². The van der Waals surface area contributed by atoms with Gasteiger partial charge in [-0.1, -0.05) is 0 Å². The first-order chi connectivity index (χ1) is 16.4. The third-order valence-corrected chi connectivity index (χ3v) is 6.32. The van der Waals surface area contributed by atoms with E-state index >= 15 is 4.39 Å². The molecule has 0 atom stereocenters. The zero-order valence-electron chi connectivity index (χ0n) is 18.4. The first-order valence-corrected chi connectivity index (χ1v) is 11.2. The van der Waals surface area contributed by atoms with Crippen LogP contribution in [0.25, 0.3) is 10.9 Å². The summed E-state index contributed by atoms with van der Waals surface area (Å²) in [6.07, 6.45) is 6.38. The maximum atomic E-state index is 15.1. The maximum absolute atomic E-state index is 15.1. The van der Waals surface area contributed by atoms with Gasteiger partial charge in [0, 0.05) is 61.9 Å². The maximum Gasteiger partial charge on any atom is 0.341 e. The molecule has 1 saturated heterocycles. The second-order valence-electron chi connectivity index (χ2n) is 8.68. The van der Waals surface area contributed by atoms with E-state index in [1.807, 2.05) is 9.80 Å². The number of aromatic carboxylic acids is 1. The van der Waals surface area contributed by atoms with Crippen molar-refractivity contribution < 1.29 is 19.1 Å². The summed E-state index contributed by atoms with van der Waals surface area (Å²) < 4.78 is 16.9. The van der Waals surface area contributed by atoms with Gasteiger partial charge >= 0.3 is 5.97 Å². The van der Waals surface area contributed by atoms with E-state index in [0.29, 0.717) is 43.1 Å². The highest BCUT2D eigenvalue weighted by atomic mass is 19.1. The average molecular weight is 465 g/mol. The van der Waals surface area contributed by atoms with Crippen LogP contribution in [0.15, 0.2) is 47.7 Å². The Morgan fingerprint density at radius 2 is 1.82 bits per heavy atom. The largest absolute Gasteiger partial charge is 0.477 e. The molecule has 10 heteroatoms. The molecule has 3 heterocycles. The van der Waals surface area contributed by atoms with E-state index < -0.39 is 17.2 Å². The smallest absolute Gasteiger partial charge is 0.341 e. The van der Waals surface area contributed by atoms with Gasteiger partial charge in [0.15, 0.2) is 0 Å². The lowest BCUT2D eigenvalue weighted by atomic mass is 10.1. The van der Waals surface area contributed by atoms with E-state index in [1.165, 1.54) is 6.20 Å². The zero-order valence-corrected chi connectivity index (χ0v) is 18.4. The molecule has 9 nitrogen and oxygen atoms in total. The van der Waals surface area contributed by atoms with Crippen molar-refractivity contribution in [2.45, 2.75) is 18.9 Å². The number of pyridine rings is 2. The Hall–Kier alpha value is -3.79. The van der Waals surface area contributed by atoms with Crippen molar-refractivity contribution in [3.63, 3.8) is 0 Å². The van der Waals surface area contributed by atoms with Gasteiger partial charge in [-0.15, -0.1) is 0 Å². The van der Waals surface area contributed by atoms with Crippen molar-refractivity contribution in [2.24, 2.45) is 0 Å². The first-order valence-electron chi connectivity index (χ1n) is 11.2. The summed E-state index contributed by atoms with van der Waals surface area (Å²) in [5.74, 6) is -1.99. The Morgan fingerprint density at radius 3 is 2.47 bits per heavy atom. The number of amides is 1. The molecule has 2 aliphatic rings. The first kappa shape index (κ1) is 22.0. The molecular weight excluding hydrogens is 441 g/mol. The molecule has 34 heavy (non-hydrogen) atoms. The molecule has 0 spiro atoms. The Balaban J connectivity index is 1.33. The van der Waals surface area contributed by atoms with Crippen LogP contribution in [0.5, 0.6) is 0 Å². The number of nitrogens with zero attached hydrogens (tertiary/aromatic N) is 4. The monoisotopic (exact) mass is 465 g/mol. The van der Waals surface area contributed by atoms with E-state index in [9.17, 15) is 19.5 Å². The van der Waals surface area contributed by atoms with Gasteiger partial charge in [0.1, 0.15) is 11.4 Å². The zero-order chi connectivity index (χ0) is 23.8. The van der Waals surface area contributed by atoms with Crippen LogP contribution < -0.4 is 15.6 Å². The molecule has 0 radical (unpaired) electrons. The Labute approximate surface area is 194 Å². The number of carboxylic acids is 1. The lowest BCUT2D eigenvalue weighted by Crippen LogP contribution is -2.49.